The van der Waals surface area contributed by atoms with Crippen molar-refractivity contribution in [3.8, 4) is 0 Å². The monoisotopic (exact) mass is 334 g/mol. The minimum Gasteiger partial charge on any atom is -0.316 e. The Hall–Kier alpha value is -0.690. The lowest BCUT2D eigenvalue weighted by atomic mass is 10.1. The minimum absolute atomic E-state index is 0.116. The Labute approximate surface area is 130 Å². The van der Waals surface area contributed by atoms with Crippen molar-refractivity contribution in [2.45, 2.75) is 43.7 Å². The van der Waals surface area contributed by atoms with Gasteiger partial charge in [-0.1, -0.05) is 18.0 Å². The molecule has 1 aromatic rings. The van der Waals surface area contributed by atoms with Gasteiger partial charge in [0.15, 0.2) is 0 Å². The molecule has 1 aliphatic heterocycles. The summed E-state index contributed by atoms with van der Waals surface area (Å²) in [6.07, 6.45) is 2.59. The first-order valence-corrected chi connectivity index (χ1v) is 8.84. The van der Waals surface area contributed by atoms with E-state index >= 15 is 0 Å². The average molecular weight is 335 g/mol. The maximum absolute atomic E-state index is 14.5. The summed E-state index contributed by atoms with van der Waals surface area (Å²) in [5, 5.41) is 3.04. The first kappa shape index (κ1) is 16.7. The van der Waals surface area contributed by atoms with Gasteiger partial charge in [0.25, 0.3) is 0 Å². The zero-order valence-electron chi connectivity index (χ0n) is 12.2. The standard InChI is InChI=1S/C14H20ClFN2O2S/c1-10-5-3-4-6-18(10)21(19,20)13-8-12(15)7-11(9-17-2)14(13)16/h7-8,10,17H,3-6,9H2,1-2H3. The number of hydrogen-bond donors (Lipinski definition) is 1. The Morgan fingerprint density at radius 2 is 2.14 bits per heavy atom. The highest BCUT2D eigenvalue weighted by Gasteiger charge is 2.33. The van der Waals surface area contributed by atoms with Crippen LogP contribution >= 0.6 is 11.6 Å². The normalized spacial score (nSPS) is 20.7. The van der Waals surface area contributed by atoms with E-state index in [1.54, 1.807) is 7.05 Å². The van der Waals surface area contributed by atoms with Crippen molar-refractivity contribution >= 4 is 21.6 Å². The quantitative estimate of drug-likeness (QED) is 0.921. The van der Waals surface area contributed by atoms with E-state index in [9.17, 15) is 12.8 Å². The molecule has 0 bridgehead atoms. The fourth-order valence-electron chi connectivity index (χ4n) is 2.68. The predicted molar refractivity (Wildman–Crippen MR) is 81.4 cm³/mol. The van der Waals surface area contributed by atoms with E-state index in [1.807, 2.05) is 6.92 Å². The third-order valence-corrected chi connectivity index (χ3v) is 6.01. The van der Waals surface area contributed by atoms with Gasteiger partial charge in [-0.15, -0.1) is 0 Å². The van der Waals surface area contributed by atoms with Crippen molar-refractivity contribution in [3.05, 3.63) is 28.5 Å². The van der Waals surface area contributed by atoms with E-state index < -0.39 is 15.8 Å². The molecule has 0 aliphatic carbocycles. The maximum Gasteiger partial charge on any atom is 0.246 e. The molecule has 0 radical (unpaired) electrons. The molecule has 1 aliphatic rings. The van der Waals surface area contributed by atoms with E-state index in [0.29, 0.717) is 6.54 Å². The Bertz CT molecular complexity index is 622. The SMILES string of the molecule is CNCc1cc(Cl)cc(S(=O)(=O)N2CCCCC2C)c1F. The van der Waals surface area contributed by atoms with Crippen LogP contribution in [0.3, 0.4) is 0 Å². The number of rotatable bonds is 4. The second-order valence-electron chi connectivity index (χ2n) is 5.37. The smallest absolute Gasteiger partial charge is 0.246 e. The summed E-state index contributed by atoms with van der Waals surface area (Å²) in [5.41, 5.74) is 0.258. The van der Waals surface area contributed by atoms with Crippen LogP contribution in [-0.4, -0.2) is 32.4 Å². The number of halogens is 2. The molecule has 0 amide bonds. The zero-order chi connectivity index (χ0) is 15.6. The third-order valence-electron chi connectivity index (χ3n) is 3.78. The first-order valence-electron chi connectivity index (χ1n) is 7.02. The molecule has 7 heteroatoms. The molecule has 1 fully saturated rings. The predicted octanol–water partition coefficient (Wildman–Crippen LogP) is 2.76. The van der Waals surface area contributed by atoms with Gasteiger partial charge in [-0.25, -0.2) is 12.8 Å². The topological polar surface area (TPSA) is 49.4 Å². The molecule has 118 valence electrons. The van der Waals surface area contributed by atoms with Gasteiger partial charge in [0, 0.05) is 29.7 Å². The van der Waals surface area contributed by atoms with Crippen molar-refractivity contribution < 1.29 is 12.8 Å². The molecule has 1 heterocycles. The Kier molecular flexibility index (Phi) is 5.24. The van der Waals surface area contributed by atoms with E-state index in [1.165, 1.54) is 16.4 Å². The molecule has 0 saturated carbocycles. The molecule has 1 N–H and O–H groups in total. The van der Waals surface area contributed by atoms with Crippen LogP contribution < -0.4 is 5.32 Å². The van der Waals surface area contributed by atoms with Crippen molar-refractivity contribution in [3.63, 3.8) is 0 Å². The van der Waals surface area contributed by atoms with Crippen molar-refractivity contribution in [2.24, 2.45) is 0 Å². The van der Waals surface area contributed by atoms with Crippen molar-refractivity contribution in [2.75, 3.05) is 13.6 Å². The van der Waals surface area contributed by atoms with Crippen LogP contribution in [0.5, 0.6) is 0 Å². The van der Waals surface area contributed by atoms with Crippen molar-refractivity contribution in [1.29, 1.82) is 0 Å². The van der Waals surface area contributed by atoms with E-state index in [-0.39, 0.29) is 28.1 Å². The van der Waals surface area contributed by atoms with Crippen molar-refractivity contribution in [1.82, 2.24) is 9.62 Å². The summed E-state index contributed by atoms with van der Waals surface area (Å²) in [6.45, 7) is 2.51. The molecule has 1 saturated heterocycles. The molecule has 0 spiro atoms. The van der Waals surface area contributed by atoms with Gasteiger partial charge < -0.3 is 5.32 Å². The lowest BCUT2D eigenvalue weighted by Gasteiger charge is -2.32. The maximum atomic E-state index is 14.5. The van der Waals surface area contributed by atoms with E-state index in [4.69, 9.17) is 11.6 Å². The lowest BCUT2D eigenvalue weighted by Crippen LogP contribution is -2.42. The van der Waals surface area contributed by atoms with Gasteiger partial charge in [0.05, 0.1) is 0 Å². The molecular formula is C14H20ClFN2O2S. The van der Waals surface area contributed by atoms with Crippen LogP contribution in [0.1, 0.15) is 31.7 Å². The molecule has 21 heavy (non-hydrogen) atoms. The highest BCUT2D eigenvalue weighted by molar-refractivity contribution is 7.89. The summed E-state index contributed by atoms with van der Waals surface area (Å²) < 4.78 is 41.4. The molecule has 0 aromatic heterocycles. The summed E-state index contributed by atoms with van der Waals surface area (Å²) in [4.78, 5) is -0.325. The Morgan fingerprint density at radius 3 is 2.76 bits per heavy atom. The van der Waals surface area contributed by atoms with E-state index in [2.05, 4.69) is 5.32 Å². The minimum atomic E-state index is -3.86. The van der Waals surface area contributed by atoms with Crippen LogP contribution in [-0.2, 0) is 16.6 Å². The lowest BCUT2D eigenvalue weighted by molar-refractivity contribution is 0.268. The summed E-state index contributed by atoms with van der Waals surface area (Å²) in [6, 6.07) is 2.54. The number of piperidine rings is 1. The zero-order valence-corrected chi connectivity index (χ0v) is 13.8. The van der Waals surface area contributed by atoms with Crippen LogP contribution in [0.25, 0.3) is 0 Å². The van der Waals surface area contributed by atoms with Gasteiger partial charge >= 0.3 is 0 Å². The third kappa shape index (κ3) is 3.39. The molecule has 1 unspecified atom stereocenters. The number of nitrogens with one attached hydrogen (secondary N) is 1. The van der Waals surface area contributed by atoms with Gasteiger partial charge in [-0.05, 0) is 38.9 Å². The number of hydrogen-bond acceptors (Lipinski definition) is 3. The second kappa shape index (κ2) is 6.60. The Balaban J connectivity index is 2.49. The molecular weight excluding hydrogens is 315 g/mol. The first-order chi connectivity index (χ1) is 9.87. The molecule has 1 atom stereocenters. The number of nitrogens with zero attached hydrogens (tertiary/aromatic N) is 1. The number of benzene rings is 1. The van der Waals surface area contributed by atoms with Gasteiger partial charge in [-0.3, -0.25) is 0 Å². The van der Waals surface area contributed by atoms with Crippen LogP contribution in [0.4, 0.5) is 4.39 Å². The summed E-state index contributed by atoms with van der Waals surface area (Å²) in [7, 11) is -2.19. The van der Waals surface area contributed by atoms with Crippen LogP contribution in [0, 0.1) is 5.82 Å². The molecule has 1 aromatic carbocycles. The molecule has 4 nitrogen and oxygen atoms in total. The summed E-state index contributed by atoms with van der Waals surface area (Å²) >= 11 is 5.96. The molecule has 2 rings (SSSR count). The largest absolute Gasteiger partial charge is 0.316 e. The second-order valence-corrected chi connectivity index (χ2v) is 7.66. The highest BCUT2D eigenvalue weighted by Crippen LogP contribution is 2.30. The number of sulfonamides is 1. The Morgan fingerprint density at radius 1 is 1.43 bits per heavy atom. The average Bonchev–Trinajstić information content (AvgIpc) is 2.43. The van der Waals surface area contributed by atoms with Crippen LogP contribution in [0.15, 0.2) is 17.0 Å². The fraction of sp³-hybridized carbons (Fsp3) is 0.571. The summed E-state index contributed by atoms with van der Waals surface area (Å²) in [5.74, 6) is -0.716. The van der Waals surface area contributed by atoms with E-state index in [0.717, 1.165) is 19.3 Å². The van der Waals surface area contributed by atoms with Crippen LogP contribution in [0.2, 0.25) is 5.02 Å². The van der Waals surface area contributed by atoms with Gasteiger partial charge in [0.1, 0.15) is 10.7 Å². The highest BCUT2D eigenvalue weighted by atomic mass is 35.5. The van der Waals surface area contributed by atoms with Gasteiger partial charge in [0.2, 0.25) is 10.0 Å². The fourth-order valence-corrected chi connectivity index (χ4v) is 4.82. The van der Waals surface area contributed by atoms with Gasteiger partial charge in [-0.2, -0.15) is 4.31 Å².